The number of aliphatic imine (C=N–C) groups is 1. The Morgan fingerprint density at radius 1 is 1.05 bits per heavy atom. The van der Waals surface area contributed by atoms with Crippen molar-refractivity contribution in [1.82, 2.24) is 4.98 Å². The quantitative estimate of drug-likeness (QED) is 0.699. The standard InChI is InChI=1S/C17H12N2O/c20-17(13-9-18-15-7-3-1-5-11(13)15)14-10-19-16-8-4-2-6-12(14)16/h1-10,13,19H/t13-/m0/s1. The molecule has 2 heterocycles. The third-order valence-electron chi connectivity index (χ3n) is 3.77. The number of hydrogen-bond donors (Lipinski definition) is 1. The van der Waals surface area contributed by atoms with Gasteiger partial charge in [-0.2, -0.15) is 0 Å². The summed E-state index contributed by atoms with van der Waals surface area (Å²) in [5, 5.41) is 0.968. The number of nitrogens with zero attached hydrogens (tertiary/aromatic N) is 1. The summed E-state index contributed by atoms with van der Waals surface area (Å²) in [4.78, 5) is 20.3. The van der Waals surface area contributed by atoms with Gasteiger partial charge in [0.1, 0.15) is 0 Å². The van der Waals surface area contributed by atoms with Crippen molar-refractivity contribution < 1.29 is 4.79 Å². The first-order chi connectivity index (χ1) is 9.84. The van der Waals surface area contributed by atoms with E-state index in [0.29, 0.717) is 0 Å². The van der Waals surface area contributed by atoms with Gasteiger partial charge in [-0.05, 0) is 17.7 Å². The molecule has 1 aliphatic rings. The summed E-state index contributed by atoms with van der Waals surface area (Å²) < 4.78 is 0. The van der Waals surface area contributed by atoms with Crippen LogP contribution in [0, 0.1) is 0 Å². The predicted molar refractivity (Wildman–Crippen MR) is 80.0 cm³/mol. The fourth-order valence-electron chi connectivity index (χ4n) is 2.76. The first-order valence-electron chi connectivity index (χ1n) is 6.58. The highest BCUT2D eigenvalue weighted by atomic mass is 16.1. The monoisotopic (exact) mass is 260 g/mol. The Morgan fingerprint density at radius 3 is 2.80 bits per heavy atom. The average molecular weight is 260 g/mol. The van der Waals surface area contributed by atoms with E-state index >= 15 is 0 Å². The summed E-state index contributed by atoms with van der Waals surface area (Å²) in [7, 11) is 0. The summed E-state index contributed by atoms with van der Waals surface area (Å²) in [6, 6.07) is 15.6. The van der Waals surface area contributed by atoms with Crippen LogP contribution in [0.1, 0.15) is 21.8 Å². The Bertz CT molecular complexity index is 845. The lowest BCUT2D eigenvalue weighted by Gasteiger charge is -2.07. The smallest absolute Gasteiger partial charge is 0.177 e. The van der Waals surface area contributed by atoms with Gasteiger partial charge in [-0.1, -0.05) is 36.4 Å². The van der Waals surface area contributed by atoms with Crippen molar-refractivity contribution in [3.05, 3.63) is 65.9 Å². The minimum absolute atomic E-state index is 0.0937. The number of aromatic nitrogens is 1. The van der Waals surface area contributed by atoms with E-state index in [1.165, 1.54) is 0 Å². The molecular weight excluding hydrogens is 248 g/mol. The van der Waals surface area contributed by atoms with Crippen LogP contribution in [0.5, 0.6) is 0 Å². The van der Waals surface area contributed by atoms with Gasteiger partial charge < -0.3 is 4.98 Å². The van der Waals surface area contributed by atoms with Gasteiger partial charge in [-0.15, -0.1) is 0 Å². The van der Waals surface area contributed by atoms with Gasteiger partial charge in [-0.25, -0.2) is 0 Å². The summed E-state index contributed by atoms with van der Waals surface area (Å²) >= 11 is 0. The molecule has 0 amide bonds. The highest BCUT2D eigenvalue weighted by Crippen LogP contribution is 2.34. The minimum Gasteiger partial charge on any atom is -0.360 e. The van der Waals surface area contributed by atoms with Crippen LogP contribution in [0.3, 0.4) is 0 Å². The number of rotatable bonds is 2. The molecule has 0 spiro atoms. The molecule has 0 bridgehead atoms. The zero-order chi connectivity index (χ0) is 13.5. The van der Waals surface area contributed by atoms with Gasteiger partial charge in [0.2, 0.25) is 0 Å². The average Bonchev–Trinajstić information content (AvgIpc) is 3.11. The van der Waals surface area contributed by atoms with Crippen LogP contribution >= 0.6 is 0 Å². The van der Waals surface area contributed by atoms with Crippen LogP contribution in [-0.2, 0) is 0 Å². The minimum atomic E-state index is -0.273. The molecule has 4 rings (SSSR count). The molecule has 3 aromatic rings. The second-order valence-electron chi connectivity index (χ2n) is 4.93. The van der Waals surface area contributed by atoms with Gasteiger partial charge in [0.15, 0.2) is 5.78 Å². The summed E-state index contributed by atoms with van der Waals surface area (Å²) in [5.74, 6) is -0.179. The lowest BCUT2D eigenvalue weighted by atomic mass is 9.92. The molecule has 1 aromatic heterocycles. The molecular formula is C17H12N2O. The number of benzene rings is 2. The van der Waals surface area contributed by atoms with Crippen LogP contribution in [0.4, 0.5) is 5.69 Å². The lowest BCUT2D eigenvalue weighted by molar-refractivity contribution is 0.0986. The number of para-hydroxylation sites is 2. The van der Waals surface area contributed by atoms with Crippen molar-refractivity contribution in [3.63, 3.8) is 0 Å². The number of nitrogens with one attached hydrogen (secondary N) is 1. The fraction of sp³-hybridized carbons (Fsp3) is 0.0588. The third-order valence-corrected chi connectivity index (χ3v) is 3.77. The number of hydrogen-bond acceptors (Lipinski definition) is 2. The molecule has 1 atom stereocenters. The lowest BCUT2D eigenvalue weighted by Crippen LogP contribution is -2.11. The molecule has 0 unspecified atom stereocenters. The van der Waals surface area contributed by atoms with Crippen LogP contribution < -0.4 is 0 Å². The van der Waals surface area contributed by atoms with Crippen molar-refractivity contribution in [2.24, 2.45) is 4.99 Å². The van der Waals surface area contributed by atoms with Gasteiger partial charge in [0.25, 0.3) is 0 Å². The maximum Gasteiger partial charge on any atom is 0.177 e. The van der Waals surface area contributed by atoms with E-state index in [-0.39, 0.29) is 11.7 Å². The number of H-pyrrole nitrogens is 1. The highest BCUT2D eigenvalue weighted by molar-refractivity contribution is 6.18. The molecule has 2 aromatic carbocycles. The zero-order valence-corrected chi connectivity index (χ0v) is 10.7. The van der Waals surface area contributed by atoms with E-state index < -0.39 is 0 Å². The Kier molecular flexibility index (Phi) is 2.33. The van der Waals surface area contributed by atoms with Crippen molar-refractivity contribution in [2.45, 2.75) is 5.92 Å². The Labute approximate surface area is 116 Å². The molecule has 20 heavy (non-hydrogen) atoms. The van der Waals surface area contributed by atoms with Gasteiger partial charge in [0, 0.05) is 28.9 Å². The van der Waals surface area contributed by atoms with Crippen LogP contribution in [-0.4, -0.2) is 17.0 Å². The van der Waals surface area contributed by atoms with E-state index in [4.69, 9.17) is 0 Å². The molecule has 0 radical (unpaired) electrons. The normalized spacial score (nSPS) is 16.5. The van der Waals surface area contributed by atoms with E-state index in [9.17, 15) is 4.79 Å². The SMILES string of the molecule is O=C(c1c[nH]c2ccccc12)[C@H]1C=Nc2ccccc21. The molecule has 0 saturated heterocycles. The molecule has 0 saturated carbocycles. The molecule has 3 nitrogen and oxygen atoms in total. The van der Waals surface area contributed by atoms with Crippen LogP contribution in [0.2, 0.25) is 0 Å². The summed E-state index contributed by atoms with van der Waals surface area (Å²) in [5.41, 5.74) is 3.60. The number of aromatic amines is 1. The third kappa shape index (κ3) is 1.53. The second-order valence-corrected chi connectivity index (χ2v) is 4.93. The number of fused-ring (bicyclic) bond motifs is 2. The number of Topliss-reactive ketones (excluding diaryl/α,β-unsaturated/α-hetero) is 1. The fourth-order valence-corrected chi connectivity index (χ4v) is 2.76. The summed E-state index contributed by atoms with van der Waals surface area (Å²) in [6.07, 6.45) is 3.54. The Morgan fingerprint density at radius 2 is 1.85 bits per heavy atom. The van der Waals surface area contributed by atoms with Crippen LogP contribution in [0.25, 0.3) is 10.9 Å². The molecule has 3 heteroatoms. The predicted octanol–water partition coefficient (Wildman–Crippen LogP) is 3.85. The van der Waals surface area contributed by atoms with E-state index in [0.717, 1.165) is 27.7 Å². The Balaban J connectivity index is 1.81. The number of carbonyl (C=O) groups is 1. The number of ketones is 1. The highest BCUT2D eigenvalue weighted by Gasteiger charge is 2.27. The van der Waals surface area contributed by atoms with E-state index in [2.05, 4.69) is 9.98 Å². The zero-order valence-electron chi connectivity index (χ0n) is 10.7. The largest absolute Gasteiger partial charge is 0.360 e. The topological polar surface area (TPSA) is 45.2 Å². The van der Waals surface area contributed by atoms with Gasteiger partial charge in [-0.3, -0.25) is 9.79 Å². The molecule has 96 valence electrons. The summed E-state index contributed by atoms with van der Waals surface area (Å²) in [6.45, 7) is 0. The maximum atomic E-state index is 12.8. The van der Waals surface area contributed by atoms with E-state index in [1.807, 2.05) is 48.5 Å². The Hall–Kier alpha value is -2.68. The molecule has 1 aliphatic heterocycles. The molecule has 1 N–H and O–H groups in total. The number of carbonyl (C=O) groups excluding carboxylic acids is 1. The molecule has 0 aliphatic carbocycles. The molecule has 0 fully saturated rings. The van der Waals surface area contributed by atoms with Crippen molar-refractivity contribution in [3.8, 4) is 0 Å². The van der Waals surface area contributed by atoms with Crippen molar-refractivity contribution in [2.75, 3.05) is 0 Å². The first kappa shape index (κ1) is 11.2. The first-order valence-corrected chi connectivity index (χ1v) is 6.58. The maximum absolute atomic E-state index is 12.8. The van der Waals surface area contributed by atoms with Gasteiger partial charge in [0.05, 0.1) is 11.6 Å². The van der Waals surface area contributed by atoms with Crippen molar-refractivity contribution >= 4 is 28.6 Å². The van der Waals surface area contributed by atoms with E-state index in [1.54, 1.807) is 12.4 Å². The van der Waals surface area contributed by atoms with Gasteiger partial charge >= 0.3 is 0 Å². The second kappa shape index (κ2) is 4.17. The van der Waals surface area contributed by atoms with Crippen LogP contribution in [0.15, 0.2) is 59.7 Å². The van der Waals surface area contributed by atoms with Crippen molar-refractivity contribution in [1.29, 1.82) is 0 Å².